The van der Waals surface area contributed by atoms with Gasteiger partial charge in [0.2, 0.25) is 0 Å². The number of pyridine rings is 1. The Kier molecular flexibility index (Phi) is 4.01. The van der Waals surface area contributed by atoms with Crippen LogP contribution in [-0.2, 0) is 12.8 Å². The Balaban J connectivity index is 1.47. The molecule has 1 atom stereocenters. The van der Waals surface area contributed by atoms with Gasteiger partial charge < -0.3 is 10.2 Å². The molecule has 0 aliphatic carbocycles. The number of fused-ring (bicyclic) bond motifs is 2. The van der Waals surface area contributed by atoms with Crippen molar-refractivity contribution in [2.24, 2.45) is 0 Å². The molecule has 7 nitrogen and oxygen atoms in total. The summed E-state index contributed by atoms with van der Waals surface area (Å²) in [6.45, 7) is 3.98. The van der Waals surface area contributed by atoms with E-state index < -0.39 is 0 Å². The highest BCUT2D eigenvalue weighted by Gasteiger charge is 2.28. The minimum Gasteiger partial charge on any atom is -0.356 e. The molecule has 1 saturated heterocycles. The van der Waals surface area contributed by atoms with E-state index in [-0.39, 0.29) is 0 Å². The minimum absolute atomic E-state index is 0.371. The Morgan fingerprint density at radius 3 is 3.04 bits per heavy atom. The Morgan fingerprint density at radius 1 is 1.08 bits per heavy atom. The fourth-order valence-electron chi connectivity index (χ4n) is 4.25. The highest BCUT2D eigenvalue weighted by Crippen LogP contribution is 2.31. The maximum Gasteiger partial charge on any atom is 0.160 e. The van der Waals surface area contributed by atoms with Crippen LogP contribution in [0.2, 0.25) is 0 Å². The van der Waals surface area contributed by atoms with Gasteiger partial charge in [-0.15, -0.1) is 10.2 Å². The first-order chi connectivity index (χ1) is 12.9. The van der Waals surface area contributed by atoms with Crippen molar-refractivity contribution in [3.8, 4) is 0 Å². The van der Waals surface area contributed by atoms with Crippen molar-refractivity contribution in [2.45, 2.75) is 31.6 Å². The first kappa shape index (κ1) is 15.7. The van der Waals surface area contributed by atoms with Gasteiger partial charge in [-0.3, -0.25) is 4.40 Å². The molecule has 3 aromatic heterocycles. The van der Waals surface area contributed by atoms with Gasteiger partial charge in [0.05, 0.1) is 5.69 Å². The zero-order valence-electron chi connectivity index (χ0n) is 14.8. The second kappa shape index (κ2) is 6.64. The van der Waals surface area contributed by atoms with E-state index in [1.807, 2.05) is 18.2 Å². The molecule has 0 spiro atoms. The summed E-state index contributed by atoms with van der Waals surface area (Å²) >= 11 is 0. The van der Waals surface area contributed by atoms with E-state index >= 15 is 0 Å². The number of nitrogens with one attached hydrogen (secondary N) is 1. The zero-order valence-corrected chi connectivity index (χ0v) is 14.8. The van der Waals surface area contributed by atoms with Gasteiger partial charge in [-0.1, -0.05) is 6.07 Å². The lowest BCUT2D eigenvalue weighted by Gasteiger charge is -2.34. The molecule has 5 rings (SSSR count). The van der Waals surface area contributed by atoms with Gasteiger partial charge >= 0.3 is 0 Å². The zero-order chi connectivity index (χ0) is 17.3. The topological polar surface area (TPSA) is 71.2 Å². The van der Waals surface area contributed by atoms with E-state index in [9.17, 15) is 0 Å². The molecule has 0 bridgehead atoms. The van der Waals surface area contributed by atoms with Crippen molar-refractivity contribution >= 4 is 11.5 Å². The SMILES string of the molecule is c1ccn2c([C@H]3CCCN(c4ncnc5c4CCNCC5)C3)nnc2c1. The van der Waals surface area contributed by atoms with Gasteiger partial charge in [0.25, 0.3) is 0 Å². The number of aromatic nitrogens is 5. The molecule has 0 aromatic carbocycles. The van der Waals surface area contributed by atoms with Gasteiger partial charge in [0.1, 0.15) is 18.0 Å². The predicted octanol–water partition coefficient (Wildman–Crippen LogP) is 1.59. The van der Waals surface area contributed by atoms with Crippen LogP contribution in [0.5, 0.6) is 0 Å². The maximum atomic E-state index is 4.68. The Morgan fingerprint density at radius 2 is 2.04 bits per heavy atom. The van der Waals surface area contributed by atoms with E-state index in [1.54, 1.807) is 6.33 Å². The van der Waals surface area contributed by atoms with Crippen LogP contribution in [0, 0.1) is 0 Å². The average Bonchev–Trinajstić information content (AvgIpc) is 2.97. The van der Waals surface area contributed by atoms with Crippen molar-refractivity contribution in [3.05, 3.63) is 47.8 Å². The summed E-state index contributed by atoms with van der Waals surface area (Å²) in [5, 5.41) is 12.3. The van der Waals surface area contributed by atoms with Crippen LogP contribution in [0.1, 0.15) is 35.8 Å². The maximum absolute atomic E-state index is 4.68. The van der Waals surface area contributed by atoms with Crippen LogP contribution in [0.3, 0.4) is 0 Å². The standard InChI is InChI=1S/C19H23N7/c1-2-11-26-17(5-1)23-24-18(26)14-4-3-10-25(12-14)19-15-6-8-20-9-7-16(15)21-13-22-19/h1-2,5,11,13-14,20H,3-4,6-10,12H2/t14-/m0/s1. The molecule has 0 radical (unpaired) electrons. The number of rotatable bonds is 2. The van der Waals surface area contributed by atoms with E-state index in [2.05, 4.69) is 41.0 Å². The van der Waals surface area contributed by atoms with Gasteiger partial charge in [-0.25, -0.2) is 9.97 Å². The van der Waals surface area contributed by atoms with Crippen LogP contribution in [0.25, 0.3) is 5.65 Å². The van der Waals surface area contributed by atoms with Crippen molar-refractivity contribution in [3.63, 3.8) is 0 Å². The third kappa shape index (κ3) is 2.72. The molecular formula is C19H23N7. The van der Waals surface area contributed by atoms with E-state index in [0.29, 0.717) is 5.92 Å². The normalized spacial score (nSPS) is 20.8. The molecule has 134 valence electrons. The molecule has 0 unspecified atom stereocenters. The molecule has 1 N–H and O–H groups in total. The first-order valence-electron chi connectivity index (χ1n) is 9.48. The number of anilines is 1. The lowest BCUT2D eigenvalue weighted by atomic mass is 9.96. The third-order valence-electron chi connectivity index (χ3n) is 5.53. The van der Waals surface area contributed by atoms with Gasteiger partial charge in [-0.2, -0.15) is 0 Å². The highest BCUT2D eigenvalue weighted by molar-refractivity contribution is 5.50. The van der Waals surface area contributed by atoms with Crippen LogP contribution in [0.15, 0.2) is 30.7 Å². The Hall–Kier alpha value is -2.54. The molecule has 2 aliphatic heterocycles. The van der Waals surface area contributed by atoms with Gasteiger partial charge in [0, 0.05) is 43.7 Å². The summed E-state index contributed by atoms with van der Waals surface area (Å²) in [7, 11) is 0. The Labute approximate surface area is 152 Å². The number of nitrogens with zero attached hydrogens (tertiary/aromatic N) is 6. The third-order valence-corrected chi connectivity index (χ3v) is 5.53. The number of hydrogen-bond donors (Lipinski definition) is 1. The van der Waals surface area contributed by atoms with Crippen molar-refractivity contribution < 1.29 is 0 Å². The average molecular weight is 349 g/mol. The quantitative estimate of drug-likeness (QED) is 0.758. The molecule has 3 aromatic rings. The molecule has 0 saturated carbocycles. The molecular weight excluding hydrogens is 326 g/mol. The summed E-state index contributed by atoms with van der Waals surface area (Å²) in [5.74, 6) is 2.56. The summed E-state index contributed by atoms with van der Waals surface area (Å²) in [6.07, 6.45) is 8.06. The number of piperidine rings is 1. The fraction of sp³-hybridized carbons (Fsp3) is 0.474. The fourth-order valence-corrected chi connectivity index (χ4v) is 4.25. The predicted molar refractivity (Wildman–Crippen MR) is 99.5 cm³/mol. The smallest absolute Gasteiger partial charge is 0.160 e. The first-order valence-corrected chi connectivity index (χ1v) is 9.48. The largest absolute Gasteiger partial charge is 0.356 e. The second-order valence-corrected chi connectivity index (χ2v) is 7.14. The number of hydrogen-bond acceptors (Lipinski definition) is 6. The summed E-state index contributed by atoms with van der Waals surface area (Å²) in [6, 6.07) is 6.05. The summed E-state index contributed by atoms with van der Waals surface area (Å²) < 4.78 is 2.12. The summed E-state index contributed by atoms with van der Waals surface area (Å²) in [5.41, 5.74) is 3.45. The lowest BCUT2D eigenvalue weighted by molar-refractivity contribution is 0.484. The molecule has 2 aliphatic rings. The monoisotopic (exact) mass is 349 g/mol. The van der Waals surface area contributed by atoms with Crippen molar-refractivity contribution in [2.75, 3.05) is 31.1 Å². The van der Waals surface area contributed by atoms with E-state index in [4.69, 9.17) is 0 Å². The highest BCUT2D eigenvalue weighted by atomic mass is 15.3. The molecule has 1 fully saturated rings. The molecule has 0 amide bonds. The molecule has 26 heavy (non-hydrogen) atoms. The molecule has 7 heteroatoms. The van der Waals surface area contributed by atoms with Crippen LogP contribution >= 0.6 is 0 Å². The van der Waals surface area contributed by atoms with Gasteiger partial charge in [-0.05, 0) is 37.9 Å². The molecule has 5 heterocycles. The summed E-state index contributed by atoms with van der Waals surface area (Å²) in [4.78, 5) is 11.7. The second-order valence-electron chi connectivity index (χ2n) is 7.14. The van der Waals surface area contributed by atoms with Gasteiger partial charge in [0.15, 0.2) is 5.65 Å². The van der Waals surface area contributed by atoms with E-state index in [0.717, 1.165) is 69.2 Å². The Bertz CT molecular complexity index is 919. The van der Waals surface area contributed by atoms with E-state index in [1.165, 1.54) is 11.3 Å². The van der Waals surface area contributed by atoms with Crippen molar-refractivity contribution in [1.82, 2.24) is 29.9 Å². The van der Waals surface area contributed by atoms with Crippen LogP contribution in [0.4, 0.5) is 5.82 Å². The minimum atomic E-state index is 0.371. The van der Waals surface area contributed by atoms with Crippen LogP contribution in [-0.4, -0.2) is 50.7 Å². The lowest BCUT2D eigenvalue weighted by Crippen LogP contribution is -2.36. The van der Waals surface area contributed by atoms with Crippen LogP contribution < -0.4 is 10.2 Å². The van der Waals surface area contributed by atoms with Crippen molar-refractivity contribution in [1.29, 1.82) is 0 Å².